The predicted octanol–water partition coefficient (Wildman–Crippen LogP) is 6.25. The van der Waals surface area contributed by atoms with Gasteiger partial charge in [-0.25, -0.2) is 4.79 Å². The molecule has 0 bridgehead atoms. The summed E-state index contributed by atoms with van der Waals surface area (Å²) in [5, 5.41) is 0. The summed E-state index contributed by atoms with van der Waals surface area (Å²) < 4.78 is 0. The van der Waals surface area contributed by atoms with E-state index >= 15 is 0 Å². The number of hydrogen-bond acceptors (Lipinski definition) is 3. The van der Waals surface area contributed by atoms with Gasteiger partial charge in [0.25, 0.3) is 0 Å². The number of carbonyl (C=O) groups is 1. The minimum Gasteiger partial charge on any atom is -0.298 e. The summed E-state index contributed by atoms with van der Waals surface area (Å²) in [4.78, 5) is 21.2. The quantitative estimate of drug-likeness (QED) is 0.304. The van der Waals surface area contributed by atoms with Gasteiger partial charge in [-0.15, -0.1) is 0 Å². The maximum atomic E-state index is 11.4. The highest BCUT2D eigenvalue weighted by atomic mass is 17.2. The summed E-state index contributed by atoms with van der Waals surface area (Å²) in [6.45, 7) is 12.3. The van der Waals surface area contributed by atoms with Crippen molar-refractivity contribution in [3.63, 3.8) is 0 Å². The van der Waals surface area contributed by atoms with Crippen LogP contribution in [0, 0.1) is 12.8 Å². The van der Waals surface area contributed by atoms with Crippen LogP contribution in [0.5, 0.6) is 0 Å². The van der Waals surface area contributed by atoms with E-state index in [0.29, 0.717) is 6.42 Å². The molecular weight excluding hydrogens is 300 g/mol. The Balaban J connectivity index is 0.000000620. The van der Waals surface area contributed by atoms with E-state index < -0.39 is 0 Å². The Hall–Kier alpha value is -1.35. The first-order valence-corrected chi connectivity index (χ1v) is 9.17. The normalized spacial score (nSPS) is 11.0. The Morgan fingerprint density at radius 1 is 1.08 bits per heavy atom. The van der Waals surface area contributed by atoms with Gasteiger partial charge in [-0.1, -0.05) is 75.9 Å². The van der Waals surface area contributed by atoms with Crippen LogP contribution in [0.15, 0.2) is 30.3 Å². The molecule has 3 heteroatoms. The molecular formula is C21H36O3. The molecule has 1 aromatic rings. The maximum Gasteiger partial charge on any atom is 0.342 e. The Labute approximate surface area is 148 Å². The minimum absolute atomic E-state index is 0.254. The van der Waals surface area contributed by atoms with E-state index in [2.05, 4.69) is 32.9 Å². The van der Waals surface area contributed by atoms with Gasteiger partial charge in [-0.2, -0.15) is 4.89 Å². The molecule has 0 saturated carbocycles. The average Bonchev–Trinajstić information content (AvgIpc) is 2.54. The highest BCUT2D eigenvalue weighted by molar-refractivity contribution is 5.68. The number of benzene rings is 1. The first-order chi connectivity index (χ1) is 11.3. The van der Waals surface area contributed by atoms with Gasteiger partial charge >= 0.3 is 5.97 Å². The van der Waals surface area contributed by atoms with Crippen molar-refractivity contribution in [1.29, 1.82) is 0 Å². The van der Waals surface area contributed by atoms with Gasteiger partial charge in [0.15, 0.2) is 0 Å². The Morgan fingerprint density at radius 2 is 1.71 bits per heavy atom. The largest absolute Gasteiger partial charge is 0.342 e. The molecule has 0 N–H and O–H groups in total. The van der Waals surface area contributed by atoms with Crippen LogP contribution >= 0.6 is 0 Å². The lowest BCUT2D eigenvalue weighted by atomic mass is 10.0. The van der Waals surface area contributed by atoms with Crippen molar-refractivity contribution < 1.29 is 14.6 Å². The Kier molecular flexibility index (Phi) is 12.3. The van der Waals surface area contributed by atoms with Crippen molar-refractivity contribution in [2.45, 2.75) is 85.7 Å². The number of hydrogen-bond donors (Lipinski definition) is 0. The average molecular weight is 337 g/mol. The SMILES string of the molecule is CCC(C)(C)OOC(=O)CCCCCC(C)C.Cc1ccccc1. The number of unbranched alkanes of at least 4 members (excludes halogenated alkanes) is 2. The summed E-state index contributed by atoms with van der Waals surface area (Å²) in [6.07, 6.45) is 5.67. The van der Waals surface area contributed by atoms with E-state index in [1.54, 1.807) is 0 Å². The van der Waals surface area contributed by atoms with E-state index in [-0.39, 0.29) is 11.6 Å². The van der Waals surface area contributed by atoms with Gasteiger partial charge < -0.3 is 0 Å². The standard InChI is InChI=1S/C14H28O3.C7H8/c1-6-14(4,5)17-16-13(15)11-9-7-8-10-12(2)3;1-7-5-3-2-4-6-7/h12H,6-11H2,1-5H3;2-6H,1H3. The zero-order valence-corrected chi connectivity index (χ0v) is 16.4. The molecule has 138 valence electrons. The summed E-state index contributed by atoms with van der Waals surface area (Å²) in [7, 11) is 0. The van der Waals surface area contributed by atoms with Crippen molar-refractivity contribution in [2.75, 3.05) is 0 Å². The van der Waals surface area contributed by atoms with Gasteiger partial charge in [0.2, 0.25) is 0 Å². The lowest BCUT2D eigenvalue weighted by molar-refractivity contribution is -0.325. The van der Waals surface area contributed by atoms with Crippen molar-refractivity contribution in [3.05, 3.63) is 35.9 Å². The van der Waals surface area contributed by atoms with Gasteiger partial charge in [0.1, 0.15) is 5.60 Å². The summed E-state index contributed by atoms with van der Waals surface area (Å²) >= 11 is 0. The van der Waals surface area contributed by atoms with Crippen LogP contribution in [0.2, 0.25) is 0 Å². The Bertz CT molecular complexity index is 424. The molecule has 0 radical (unpaired) electrons. The first kappa shape index (κ1) is 22.6. The van der Waals surface area contributed by atoms with Crippen LogP contribution in [0.25, 0.3) is 0 Å². The highest BCUT2D eigenvalue weighted by Crippen LogP contribution is 2.15. The van der Waals surface area contributed by atoms with E-state index in [0.717, 1.165) is 25.2 Å². The second-order valence-corrected chi connectivity index (χ2v) is 7.30. The molecule has 0 unspecified atom stereocenters. The molecule has 0 saturated heterocycles. The molecule has 0 aliphatic heterocycles. The fraction of sp³-hybridized carbons (Fsp3) is 0.667. The van der Waals surface area contributed by atoms with Crippen molar-refractivity contribution in [2.24, 2.45) is 5.92 Å². The second kappa shape index (κ2) is 13.0. The van der Waals surface area contributed by atoms with Crippen LogP contribution in [-0.2, 0) is 14.6 Å². The van der Waals surface area contributed by atoms with Crippen LogP contribution in [-0.4, -0.2) is 11.6 Å². The molecule has 1 aromatic carbocycles. The topological polar surface area (TPSA) is 35.5 Å². The molecule has 0 atom stereocenters. The zero-order valence-electron chi connectivity index (χ0n) is 16.4. The fourth-order valence-electron chi connectivity index (χ4n) is 1.79. The molecule has 0 aromatic heterocycles. The van der Waals surface area contributed by atoms with E-state index in [4.69, 9.17) is 9.78 Å². The van der Waals surface area contributed by atoms with Crippen LogP contribution in [0.3, 0.4) is 0 Å². The number of rotatable bonds is 9. The number of carbonyl (C=O) groups excluding carboxylic acids is 1. The molecule has 3 nitrogen and oxygen atoms in total. The van der Waals surface area contributed by atoms with Crippen molar-refractivity contribution in [3.8, 4) is 0 Å². The molecule has 0 aliphatic rings. The van der Waals surface area contributed by atoms with Gasteiger partial charge in [0, 0.05) is 6.42 Å². The summed E-state index contributed by atoms with van der Waals surface area (Å²) in [6, 6.07) is 10.3. The Morgan fingerprint density at radius 3 is 2.17 bits per heavy atom. The summed E-state index contributed by atoms with van der Waals surface area (Å²) in [5.74, 6) is 0.492. The molecule has 0 spiro atoms. The number of aryl methyl sites for hydroxylation is 1. The molecule has 0 amide bonds. The molecule has 0 heterocycles. The zero-order chi connectivity index (χ0) is 18.4. The monoisotopic (exact) mass is 336 g/mol. The lowest BCUT2D eigenvalue weighted by Gasteiger charge is -2.20. The van der Waals surface area contributed by atoms with E-state index in [9.17, 15) is 4.79 Å². The van der Waals surface area contributed by atoms with E-state index in [1.165, 1.54) is 18.4 Å². The van der Waals surface area contributed by atoms with Crippen molar-refractivity contribution >= 4 is 5.97 Å². The molecule has 24 heavy (non-hydrogen) atoms. The van der Waals surface area contributed by atoms with Crippen LogP contribution in [0.1, 0.15) is 78.7 Å². The lowest BCUT2D eigenvalue weighted by Crippen LogP contribution is -2.25. The molecule has 0 fully saturated rings. The minimum atomic E-state index is -0.382. The van der Waals surface area contributed by atoms with Crippen molar-refractivity contribution in [1.82, 2.24) is 0 Å². The first-order valence-electron chi connectivity index (χ1n) is 9.17. The van der Waals surface area contributed by atoms with E-state index in [1.807, 2.05) is 39.0 Å². The van der Waals surface area contributed by atoms with Gasteiger partial charge in [0.05, 0.1) is 0 Å². The highest BCUT2D eigenvalue weighted by Gasteiger charge is 2.19. The van der Waals surface area contributed by atoms with Gasteiger partial charge in [-0.05, 0) is 39.5 Å². The van der Waals surface area contributed by atoms with Crippen LogP contribution in [0.4, 0.5) is 0 Å². The predicted molar refractivity (Wildman–Crippen MR) is 101 cm³/mol. The maximum absolute atomic E-state index is 11.4. The smallest absolute Gasteiger partial charge is 0.298 e. The van der Waals surface area contributed by atoms with Gasteiger partial charge in [-0.3, -0.25) is 4.89 Å². The summed E-state index contributed by atoms with van der Waals surface area (Å²) in [5.41, 5.74) is 0.940. The second-order valence-electron chi connectivity index (χ2n) is 7.30. The third-order valence-corrected chi connectivity index (χ3v) is 3.81. The third kappa shape index (κ3) is 14.3. The molecule has 0 aliphatic carbocycles. The fourth-order valence-corrected chi connectivity index (χ4v) is 1.79. The molecule has 1 rings (SSSR count). The van der Waals surface area contributed by atoms with Crippen LogP contribution < -0.4 is 0 Å². The third-order valence-electron chi connectivity index (χ3n) is 3.81.